The van der Waals surface area contributed by atoms with Crippen LogP contribution in [0.15, 0.2) is 12.2 Å². The summed E-state index contributed by atoms with van der Waals surface area (Å²) in [6.45, 7) is 14.2. The van der Waals surface area contributed by atoms with Crippen LogP contribution >= 0.6 is 0 Å². The minimum absolute atomic E-state index is 0.00767. The molecule has 4 saturated heterocycles. The maximum absolute atomic E-state index is 12.0. The lowest BCUT2D eigenvalue weighted by molar-refractivity contribution is -0.355. The number of carbonyl (C=O) groups is 2. The van der Waals surface area contributed by atoms with Crippen LogP contribution < -0.4 is 0 Å². The maximum Gasteiger partial charge on any atom is 0.303 e. The van der Waals surface area contributed by atoms with Gasteiger partial charge < -0.3 is 33.2 Å². The first-order valence-corrected chi connectivity index (χ1v) is 12.7. The van der Waals surface area contributed by atoms with Gasteiger partial charge in [-0.05, 0) is 38.2 Å². The molecule has 0 amide bonds. The zero-order valence-electron chi connectivity index (χ0n) is 21.1. The van der Waals surface area contributed by atoms with Gasteiger partial charge in [-0.15, -0.1) is 0 Å². The van der Waals surface area contributed by atoms with E-state index in [4.69, 9.17) is 28.4 Å². The zero-order valence-corrected chi connectivity index (χ0v) is 21.1. The Kier molecular flexibility index (Phi) is 7.84. The summed E-state index contributed by atoms with van der Waals surface area (Å²) in [5.74, 6) is -0.779. The SMILES string of the molecule is C=C1C(C[C@@H]2O[C@H]3C[C@H]4OC(C)(C)OC[C@H]4O[C@H]3[C@H](C)[C@H]2OC(C)=O)O[C@@H](CCC=O)C[C@H]1C. The van der Waals surface area contributed by atoms with Crippen LogP contribution in [0.3, 0.4) is 0 Å². The summed E-state index contributed by atoms with van der Waals surface area (Å²) in [6.07, 6.45) is 2.50. The van der Waals surface area contributed by atoms with Gasteiger partial charge in [0.2, 0.25) is 0 Å². The highest BCUT2D eigenvalue weighted by Gasteiger charge is 2.53. The zero-order chi connectivity index (χ0) is 24.6. The summed E-state index contributed by atoms with van der Waals surface area (Å²) in [6, 6.07) is 0. The highest BCUT2D eigenvalue weighted by atomic mass is 16.7. The lowest BCUT2D eigenvalue weighted by atomic mass is 9.79. The molecule has 4 fully saturated rings. The lowest BCUT2D eigenvalue weighted by Crippen LogP contribution is -2.64. The first-order valence-electron chi connectivity index (χ1n) is 12.7. The highest BCUT2D eigenvalue weighted by Crippen LogP contribution is 2.43. The number of hydrogen-bond acceptors (Lipinski definition) is 8. The van der Waals surface area contributed by atoms with Crippen LogP contribution in [0, 0.1) is 11.8 Å². The molecule has 4 heterocycles. The molecule has 0 N–H and O–H groups in total. The predicted octanol–water partition coefficient (Wildman–Crippen LogP) is 3.35. The second kappa shape index (κ2) is 10.3. The van der Waals surface area contributed by atoms with Crippen LogP contribution in [0.2, 0.25) is 0 Å². The minimum Gasteiger partial charge on any atom is -0.459 e. The smallest absolute Gasteiger partial charge is 0.303 e. The van der Waals surface area contributed by atoms with Gasteiger partial charge in [0.25, 0.3) is 0 Å². The van der Waals surface area contributed by atoms with Crippen LogP contribution in [0.25, 0.3) is 0 Å². The Balaban J connectivity index is 1.50. The summed E-state index contributed by atoms with van der Waals surface area (Å²) < 4.78 is 37.1. The van der Waals surface area contributed by atoms with E-state index in [-0.39, 0.29) is 60.5 Å². The van der Waals surface area contributed by atoms with Crippen molar-refractivity contribution in [1.29, 1.82) is 0 Å². The molecule has 4 aliphatic heterocycles. The Morgan fingerprint density at radius 2 is 1.91 bits per heavy atom. The summed E-state index contributed by atoms with van der Waals surface area (Å²) in [5, 5.41) is 0. The third-order valence-corrected chi connectivity index (χ3v) is 7.74. The number of aldehydes is 1. The predicted molar refractivity (Wildman–Crippen MR) is 123 cm³/mol. The van der Waals surface area contributed by atoms with Gasteiger partial charge >= 0.3 is 5.97 Å². The van der Waals surface area contributed by atoms with Crippen molar-refractivity contribution in [3.8, 4) is 0 Å². The first kappa shape index (κ1) is 25.8. The largest absolute Gasteiger partial charge is 0.459 e. The van der Waals surface area contributed by atoms with Crippen LogP contribution in [-0.4, -0.2) is 73.5 Å². The van der Waals surface area contributed by atoms with E-state index < -0.39 is 11.9 Å². The summed E-state index contributed by atoms with van der Waals surface area (Å²) in [5.41, 5.74) is 1.02. The summed E-state index contributed by atoms with van der Waals surface area (Å²) >= 11 is 0. The highest BCUT2D eigenvalue weighted by molar-refractivity contribution is 5.66. The number of carbonyl (C=O) groups excluding carboxylic acids is 2. The Bertz CT molecular complexity index is 766. The van der Waals surface area contributed by atoms with Crippen LogP contribution in [-0.2, 0) is 38.0 Å². The molecule has 1 unspecified atom stereocenters. The molecule has 0 bridgehead atoms. The van der Waals surface area contributed by atoms with Crippen molar-refractivity contribution in [3.63, 3.8) is 0 Å². The van der Waals surface area contributed by atoms with Gasteiger partial charge in [0.15, 0.2) is 5.79 Å². The van der Waals surface area contributed by atoms with Gasteiger partial charge in [0.1, 0.15) is 18.5 Å². The lowest BCUT2D eigenvalue weighted by Gasteiger charge is -2.53. The van der Waals surface area contributed by atoms with E-state index in [0.717, 1.165) is 18.3 Å². The maximum atomic E-state index is 12.0. The molecule has 4 rings (SSSR count). The van der Waals surface area contributed by atoms with E-state index in [2.05, 4.69) is 20.4 Å². The minimum atomic E-state index is -0.655. The molecule has 34 heavy (non-hydrogen) atoms. The molecule has 0 aliphatic carbocycles. The standard InChI is InChI=1S/C26H40O8/c1-14-10-18(8-7-9-27)31-19(15(14)2)11-21-24(30-17(4)28)16(3)25-22(32-21)12-20-23(33-25)13-29-26(5,6)34-20/h9,14,16,18-25H,2,7-8,10-13H2,1,3-6H3/t14-,16-,18+,19?,20-,21+,22+,23-,24-,25+/m1/s1. The molecule has 0 aromatic rings. The van der Waals surface area contributed by atoms with Gasteiger partial charge in [-0.1, -0.05) is 20.4 Å². The van der Waals surface area contributed by atoms with Gasteiger partial charge in [0, 0.05) is 32.1 Å². The molecular weight excluding hydrogens is 440 g/mol. The van der Waals surface area contributed by atoms with Crippen molar-refractivity contribution in [1.82, 2.24) is 0 Å². The fourth-order valence-corrected chi connectivity index (χ4v) is 5.93. The molecule has 192 valence electrons. The molecule has 4 aliphatic rings. The van der Waals surface area contributed by atoms with E-state index >= 15 is 0 Å². The van der Waals surface area contributed by atoms with Gasteiger partial charge in [-0.2, -0.15) is 0 Å². The molecule has 0 radical (unpaired) electrons. The Hall–Kier alpha value is -1.32. The molecule has 0 aromatic carbocycles. The van der Waals surface area contributed by atoms with Gasteiger partial charge in [-0.3, -0.25) is 4.79 Å². The summed E-state index contributed by atoms with van der Waals surface area (Å²) in [7, 11) is 0. The number of ether oxygens (including phenoxy) is 6. The Morgan fingerprint density at radius 3 is 2.62 bits per heavy atom. The average Bonchev–Trinajstić information content (AvgIpc) is 2.76. The number of hydrogen-bond donors (Lipinski definition) is 0. The first-order chi connectivity index (χ1) is 16.1. The topological polar surface area (TPSA) is 89.5 Å². The van der Waals surface area contributed by atoms with Gasteiger partial charge in [-0.25, -0.2) is 0 Å². The van der Waals surface area contributed by atoms with E-state index in [1.165, 1.54) is 6.92 Å². The molecule has 8 nitrogen and oxygen atoms in total. The quantitative estimate of drug-likeness (QED) is 0.325. The van der Waals surface area contributed by atoms with Crippen molar-refractivity contribution in [2.45, 2.75) is 121 Å². The third kappa shape index (κ3) is 5.57. The second-order valence-corrected chi connectivity index (χ2v) is 10.8. The molecule has 10 atom stereocenters. The van der Waals surface area contributed by atoms with Gasteiger partial charge in [0.05, 0.1) is 43.2 Å². The molecule has 0 spiro atoms. The fourth-order valence-electron chi connectivity index (χ4n) is 5.93. The Morgan fingerprint density at radius 1 is 1.15 bits per heavy atom. The second-order valence-electron chi connectivity index (χ2n) is 10.8. The van der Waals surface area contributed by atoms with Crippen molar-refractivity contribution < 1.29 is 38.0 Å². The molecule has 0 saturated carbocycles. The van der Waals surface area contributed by atoms with Crippen molar-refractivity contribution in [2.75, 3.05) is 6.61 Å². The van der Waals surface area contributed by atoms with E-state index in [9.17, 15) is 9.59 Å². The van der Waals surface area contributed by atoms with Crippen LogP contribution in [0.4, 0.5) is 0 Å². The average molecular weight is 481 g/mol. The van der Waals surface area contributed by atoms with Crippen LogP contribution in [0.5, 0.6) is 0 Å². The monoisotopic (exact) mass is 480 g/mol. The van der Waals surface area contributed by atoms with Crippen molar-refractivity contribution >= 4 is 12.3 Å². The number of rotatable bonds is 6. The molecule has 8 heteroatoms. The third-order valence-electron chi connectivity index (χ3n) is 7.74. The molecular formula is C26H40O8. The fraction of sp³-hybridized carbons (Fsp3) is 0.846. The summed E-state index contributed by atoms with van der Waals surface area (Å²) in [4.78, 5) is 22.9. The van der Waals surface area contributed by atoms with Crippen LogP contribution in [0.1, 0.15) is 66.7 Å². The van der Waals surface area contributed by atoms with Crippen molar-refractivity contribution in [3.05, 3.63) is 12.2 Å². The molecule has 0 aromatic heterocycles. The van der Waals surface area contributed by atoms with E-state index in [1.807, 2.05) is 13.8 Å². The normalized spacial score (nSPS) is 44.0. The van der Waals surface area contributed by atoms with E-state index in [0.29, 0.717) is 32.3 Å². The number of fused-ring (bicyclic) bond motifs is 2. The van der Waals surface area contributed by atoms with Crippen molar-refractivity contribution in [2.24, 2.45) is 11.8 Å². The van der Waals surface area contributed by atoms with E-state index in [1.54, 1.807) is 0 Å². The number of esters is 1. The Labute approximate surface area is 202 Å².